The Bertz CT molecular complexity index is 559. The molecule has 0 spiro atoms. The van der Waals surface area contributed by atoms with Gasteiger partial charge < -0.3 is 10.6 Å². The van der Waals surface area contributed by atoms with Gasteiger partial charge in [0.15, 0.2) is 0 Å². The lowest BCUT2D eigenvalue weighted by Crippen LogP contribution is -2.31. The second kappa shape index (κ2) is 6.85. The smallest absolute Gasteiger partial charge is 0.242 e. The van der Waals surface area contributed by atoms with Gasteiger partial charge in [0.1, 0.15) is 4.90 Å². The van der Waals surface area contributed by atoms with Crippen molar-refractivity contribution in [1.82, 2.24) is 9.62 Å². The molecule has 1 aromatic heterocycles. The van der Waals surface area contributed by atoms with Crippen LogP contribution in [0.1, 0.15) is 18.2 Å². The molecule has 1 fully saturated rings. The normalized spacial score (nSPS) is 20.6. The van der Waals surface area contributed by atoms with Crippen molar-refractivity contribution in [2.75, 3.05) is 26.2 Å². The monoisotopic (exact) mass is 381 g/mol. The number of halogens is 1. The highest BCUT2D eigenvalue weighted by Crippen LogP contribution is 2.31. The summed E-state index contributed by atoms with van der Waals surface area (Å²) in [6, 6.07) is 1.64. The Hall–Kier alpha value is 0.01000. The third-order valence-corrected chi connectivity index (χ3v) is 7.27. The molecule has 0 radical (unpaired) electrons. The molecule has 2 rings (SSSR count). The van der Waals surface area contributed by atoms with Gasteiger partial charge in [-0.05, 0) is 47.4 Å². The van der Waals surface area contributed by atoms with E-state index in [4.69, 9.17) is 5.73 Å². The Morgan fingerprint density at radius 2 is 2.35 bits per heavy atom. The highest BCUT2D eigenvalue weighted by molar-refractivity contribution is 9.11. The van der Waals surface area contributed by atoms with Crippen LogP contribution < -0.4 is 10.5 Å². The molecule has 20 heavy (non-hydrogen) atoms. The maximum Gasteiger partial charge on any atom is 0.242 e. The Balaban J connectivity index is 1.99. The van der Waals surface area contributed by atoms with Gasteiger partial charge in [0.05, 0.1) is 3.79 Å². The summed E-state index contributed by atoms with van der Waals surface area (Å²) >= 11 is 4.67. The summed E-state index contributed by atoms with van der Waals surface area (Å²) in [7, 11) is -3.45. The van der Waals surface area contributed by atoms with Crippen LogP contribution in [0, 0.1) is 5.92 Å². The van der Waals surface area contributed by atoms with Crippen LogP contribution in [-0.4, -0.2) is 39.5 Å². The fraction of sp³-hybridized carbons (Fsp3) is 0.667. The van der Waals surface area contributed by atoms with Gasteiger partial charge in [0, 0.05) is 24.5 Å². The van der Waals surface area contributed by atoms with E-state index in [0.717, 1.165) is 30.9 Å². The maximum absolute atomic E-state index is 12.3. The summed E-state index contributed by atoms with van der Waals surface area (Å²) in [6.07, 6.45) is 1.05. The van der Waals surface area contributed by atoms with Crippen LogP contribution in [-0.2, 0) is 16.6 Å². The second-order valence-corrected chi connectivity index (χ2v) is 9.14. The number of rotatable bonds is 6. The zero-order chi connectivity index (χ0) is 14.8. The Morgan fingerprint density at radius 1 is 1.60 bits per heavy atom. The Morgan fingerprint density at radius 3 is 2.90 bits per heavy atom. The number of sulfonamides is 1. The van der Waals surface area contributed by atoms with Gasteiger partial charge in [0.25, 0.3) is 0 Å². The number of nitrogens with zero attached hydrogens (tertiary/aromatic N) is 1. The predicted molar refractivity (Wildman–Crippen MR) is 85.3 cm³/mol. The van der Waals surface area contributed by atoms with Crippen LogP contribution >= 0.6 is 27.3 Å². The van der Waals surface area contributed by atoms with E-state index in [-0.39, 0.29) is 0 Å². The molecular formula is C12H20BrN3O2S2. The number of nitrogens with one attached hydrogen (secondary N) is 1. The molecule has 0 aliphatic carbocycles. The fourth-order valence-corrected chi connectivity index (χ4v) is 6.03. The summed E-state index contributed by atoms with van der Waals surface area (Å²) in [5.74, 6) is 0.399. The molecule has 1 aliphatic rings. The molecule has 1 unspecified atom stereocenters. The quantitative estimate of drug-likeness (QED) is 0.784. The first-order valence-corrected chi connectivity index (χ1v) is 9.75. The maximum atomic E-state index is 12.3. The molecule has 0 amide bonds. The topological polar surface area (TPSA) is 75.4 Å². The molecule has 0 aromatic carbocycles. The van der Waals surface area contributed by atoms with Gasteiger partial charge >= 0.3 is 0 Å². The van der Waals surface area contributed by atoms with E-state index in [0.29, 0.717) is 27.7 Å². The van der Waals surface area contributed by atoms with E-state index in [1.165, 1.54) is 11.3 Å². The van der Waals surface area contributed by atoms with E-state index < -0.39 is 10.0 Å². The van der Waals surface area contributed by atoms with Crippen molar-refractivity contribution in [2.24, 2.45) is 11.7 Å². The molecular weight excluding hydrogens is 362 g/mol. The second-order valence-electron chi connectivity index (χ2n) is 4.95. The average molecular weight is 382 g/mol. The van der Waals surface area contributed by atoms with Crippen molar-refractivity contribution in [3.05, 3.63) is 14.7 Å². The van der Waals surface area contributed by atoms with Crippen LogP contribution in [0.15, 0.2) is 14.7 Å². The van der Waals surface area contributed by atoms with Crippen LogP contribution in [0.5, 0.6) is 0 Å². The first-order chi connectivity index (χ1) is 9.46. The first kappa shape index (κ1) is 16.4. The number of thiophene rings is 1. The zero-order valence-corrected chi connectivity index (χ0v) is 14.7. The number of hydrogen-bond donors (Lipinski definition) is 2. The summed E-state index contributed by atoms with van der Waals surface area (Å²) in [6.45, 7) is 6.04. The minimum Gasteiger partial charge on any atom is -0.326 e. The molecule has 0 bridgehead atoms. The number of hydrogen-bond acceptors (Lipinski definition) is 5. The molecule has 1 aliphatic heterocycles. The lowest BCUT2D eigenvalue weighted by molar-refractivity contribution is 0.342. The molecule has 1 aromatic rings. The van der Waals surface area contributed by atoms with Gasteiger partial charge in [-0.1, -0.05) is 6.92 Å². The lowest BCUT2D eigenvalue weighted by Gasteiger charge is -2.13. The third kappa shape index (κ3) is 3.80. The molecule has 2 heterocycles. The molecule has 5 nitrogen and oxygen atoms in total. The Kier molecular flexibility index (Phi) is 5.61. The molecule has 0 saturated carbocycles. The van der Waals surface area contributed by atoms with Crippen molar-refractivity contribution in [2.45, 2.75) is 24.8 Å². The lowest BCUT2D eigenvalue weighted by atomic mass is 10.1. The summed E-state index contributed by atoms with van der Waals surface area (Å²) in [5.41, 5.74) is 5.55. The largest absolute Gasteiger partial charge is 0.326 e. The van der Waals surface area contributed by atoms with E-state index >= 15 is 0 Å². The molecule has 114 valence electrons. The fourth-order valence-electron chi connectivity index (χ4n) is 2.35. The van der Waals surface area contributed by atoms with E-state index in [1.54, 1.807) is 6.07 Å². The predicted octanol–water partition coefficient (Wildman–Crippen LogP) is 1.59. The van der Waals surface area contributed by atoms with Gasteiger partial charge in [-0.3, -0.25) is 0 Å². The van der Waals surface area contributed by atoms with E-state index in [2.05, 4.69) is 32.5 Å². The van der Waals surface area contributed by atoms with E-state index in [9.17, 15) is 8.42 Å². The third-order valence-electron chi connectivity index (χ3n) is 3.58. The van der Waals surface area contributed by atoms with Crippen molar-refractivity contribution in [3.63, 3.8) is 0 Å². The molecule has 1 atom stereocenters. The highest BCUT2D eigenvalue weighted by Gasteiger charge is 2.25. The minimum atomic E-state index is -3.45. The standard InChI is InChI=1S/C12H20BrN3O2S2/c1-2-16-4-3-9(8-16)7-15-20(17,18)11-5-10(6-14)19-12(11)13/h5,9,15H,2-4,6-8,14H2,1H3. The molecule has 3 N–H and O–H groups in total. The van der Waals surface area contributed by atoms with E-state index in [1.807, 2.05) is 0 Å². The van der Waals surface area contributed by atoms with Crippen molar-refractivity contribution in [1.29, 1.82) is 0 Å². The summed E-state index contributed by atoms with van der Waals surface area (Å²) in [4.78, 5) is 3.50. The molecule has 8 heteroatoms. The van der Waals surface area contributed by atoms with Crippen LogP contribution in [0.2, 0.25) is 0 Å². The summed E-state index contributed by atoms with van der Waals surface area (Å²) < 4.78 is 27.9. The number of likely N-dealkylation sites (tertiary alicyclic amines) is 1. The zero-order valence-electron chi connectivity index (χ0n) is 11.4. The van der Waals surface area contributed by atoms with Crippen LogP contribution in [0.4, 0.5) is 0 Å². The SMILES string of the molecule is CCN1CCC(CNS(=O)(=O)c2cc(CN)sc2Br)C1. The van der Waals surface area contributed by atoms with Gasteiger partial charge in [-0.15, -0.1) is 11.3 Å². The van der Waals surface area contributed by atoms with Gasteiger partial charge in [0.2, 0.25) is 10.0 Å². The van der Waals surface area contributed by atoms with Crippen LogP contribution in [0.25, 0.3) is 0 Å². The molecule has 1 saturated heterocycles. The Labute approximate surface area is 132 Å². The van der Waals surface area contributed by atoms with Crippen molar-refractivity contribution < 1.29 is 8.42 Å². The minimum absolute atomic E-state index is 0.299. The first-order valence-electron chi connectivity index (χ1n) is 6.66. The van der Waals surface area contributed by atoms with Gasteiger partial charge in [-0.25, -0.2) is 13.1 Å². The van der Waals surface area contributed by atoms with Crippen molar-refractivity contribution >= 4 is 37.3 Å². The highest BCUT2D eigenvalue weighted by atomic mass is 79.9. The van der Waals surface area contributed by atoms with Crippen LogP contribution in [0.3, 0.4) is 0 Å². The average Bonchev–Trinajstić information content (AvgIpc) is 3.02. The summed E-state index contributed by atoms with van der Waals surface area (Å²) in [5, 5.41) is 0. The number of nitrogens with two attached hydrogens (primary N) is 1. The van der Waals surface area contributed by atoms with Gasteiger partial charge in [-0.2, -0.15) is 0 Å². The van der Waals surface area contributed by atoms with Crippen molar-refractivity contribution in [3.8, 4) is 0 Å².